The van der Waals surface area contributed by atoms with Gasteiger partial charge in [-0.1, -0.05) is 54.1 Å². The molecular formula is C23H18ClN3O2. The largest absolute Gasteiger partial charge is 0.349 e. The van der Waals surface area contributed by atoms with Crippen LogP contribution in [0.3, 0.4) is 0 Å². The van der Waals surface area contributed by atoms with Crippen molar-refractivity contribution in [3.8, 4) is 11.3 Å². The average molecular weight is 404 g/mol. The van der Waals surface area contributed by atoms with Gasteiger partial charge in [0.1, 0.15) is 6.54 Å². The van der Waals surface area contributed by atoms with Gasteiger partial charge in [0.25, 0.3) is 0 Å². The first kappa shape index (κ1) is 18.9. The van der Waals surface area contributed by atoms with Crippen LogP contribution in [0, 0.1) is 6.92 Å². The third-order valence-electron chi connectivity index (χ3n) is 4.59. The number of rotatable bonds is 4. The normalized spacial score (nSPS) is 10.8. The molecule has 0 aliphatic rings. The van der Waals surface area contributed by atoms with Gasteiger partial charge in [-0.25, -0.2) is 4.79 Å². The van der Waals surface area contributed by atoms with Crippen molar-refractivity contribution in [2.24, 2.45) is 0 Å². The van der Waals surface area contributed by atoms with Crippen LogP contribution in [-0.2, 0) is 11.3 Å². The summed E-state index contributed by atoms with van der Waals surface area (Å²) >= 11 is 6.20. The predicted octanol–water partition coefficient (Wildman–Crippen LogP) is 4.66. The number of nitrogens with zero attached hydrogens (tertiary/aromatic N) is 2. The molecule has 5 nitrogen and oxygen atoms in total. The fourth-order valence-electron chi connectivity index (χ4n) is 3.29. The van der Waals surface area contributed by atoms with Crippen LogP contribution in [0.15, 0.2) is 77.6 Å². The van der Waals surface area contributed by atoms with Crippen molar-refractivity contribution >= 4 is 34.1 Å². The molecule has 0 saturated carbocycles. The maximum atomic E-state index is 12.8. The highest BCUT2D eigenvalue weighted by atomic mass is 35.5. The number of carbonyl (C=O) groups excluding carboxylic acids is 1. The van der Waals surface area contributed by atoms with Crippen molar-refractivity contribution in [1.82, 2.24) is 9.55 Å². The summed E-state index contributed by atoms with van der Waals surface area (Å²) in [7, 11) is 0. The van der Waals surface area contributed by atoms with E-state index in [1.54, 1.807) is 18.2 Å². The summed E-state index contributed by atoms with van der Waals surface area (Å²) in [6, 6.07) is 22.1. The van der Waals surface area contributed by atoms with Crippen LogP contribution in [0.2, 0.25) is 5.02 Å². The maximum Gasteiger partial charge on any atom is 0.349 e. The summed E-state index contributed by atoms with van der Waals surface area (Å²) in [5.41, 5.74) is 3.19. The number of benzene rings is 3. The van der Waals surface area contributed by atoms with Crippen LogP contribution in [0.5, 0.6) is 0 Å². The van der Waals surface area contributed by atoms with Gasteiger partial charge in [0.05, 0.1) is 11.2 Å². The molecule has 1 aromatic heterocycles. The number of aryl methyl sites for hydroxylation is 1. The number of anilines is 1. The lowest BCUT2D eigenvalue weighted by Crippen LogP contribution is -2.30. The lowest BCUT2D eigenvalue weighted by atomic mass is 10.1. The van der Waals surface area contributed by atoms with Gasteiger partial charge in [0, 0.05) is 21.7 Å². The number of amides is 1. The molecule has 3 aromatic carbocycles. The number of carbonyl (C=O) groups is 1. The van der Waals surface area contributed by atoms with Crippen LogP contribution in [-0.4, -0.2) is 15.5 Å². The smallest absolute Gasteiger partial charge is 0.325 e. The van der Waals surface area contributed by atoms with Crippen LogP contribution in [0.4, 0.5) is 5.69 Å². The van der Waals surface area contributed by atoms with Crippen molar-refractivity contribution in [3.05, 3.63) is 93.9 Å². The maximum absolute atomic E-state index is 12.8. The molecule has 29 heavy (non-hydrogen) atoms. The molecule has 1 heterocycles. The highest BCUT2D eigenvalue weighted by Gasteiger charge is 2.15. The first-order valence-corrected chi connectivity index (χ1v) is 9.51. The van der Waals surface area contributed by atoms with Crippen LogP contribution in [0.25, 0.3) is 22.2 Å². The first-order chi connectivity index (χ1) is 14.0. The van der Waals surface area contributed by atoms with E-state index in [9.17, 15) is 9.59 Å². The molecule has 0 saturated heterocycles. The SMILES string of the molecule is Cc1cccc(NC(=O)Cn2c(=O)nc(-c3ccccc3)c3cc(Cl)ccc32)c1. The van der Waals surface area contributed by atoms with E-state index in [2.05, 4.69) is 10.3 Å². The minimum atomic E-state index is -0.488. The first-order valence-electron chi connectivity index (χ1n) is 9.13. The fraction of sp³-hybridized carbons (Fsp3) is 0.0870. The molecular weight excluding hydrogens is 386 g/mol. The molecule has 0 unspecified atom stereocenters. The second-order valence-electron chi connectivity index (χ2n) is 6.77. The molecule has 4 rings (SSSR count). The van der Waals surface area contributed by atoms with E-state index >= 15 is 0 Å². The standard InChI is InChI=1S/C23H18ClN3O2/c1-15-6-5-9-18(12-15)25-21(28)14-27-20-11-10-17(24)13-19(20)22(26-23(27)29)16-7-3-2-4-8-16/h2-13H,14H2,1H3,(H,25,28). The third-order valence-corrected chi connectivity index (χ3v) is 4.83. The Morgan fingerprint density at radius 3 is 2.59 bits per heavy atom. The van der Waals surface area contributed by atoms with E-state index in [-0.39, 0.29) is 12.5 Å². The van der Waals surface area contributed by atoms with E-state index < -0.39 is 5.69 Å². The second-order valence-corrected chi connectivity index (χ2v) is 7.21. The topological polar surface area (TPSA) is 64.0 Å². The predicted molar refractivity (Wildman–Crippen MR) is 116 cm³/mol. The Morgan fingerprint density at radius 2 is 1.83 bits per heavy atom. The highest BCUT2D eigenvalue weighted by molar-refractivity contribution is 6.31. The van der Waals surface area contributed by atoms with Crippen molar-refractivity contribution in [2.45, 2.75) is 13.5 Å². The van der Waals surface area contributed by atoms with Crippen molar-refractivity contribution in [2.75, 3.05) is 5.32 Å². The monoisotopic (exact) mass is 403 g/mol. The quantitative estimate of drug-likeness (QED) is 0.538. The summed E-state index contributed by atoms with van der Waals surface area (Å²) < 4.78 is 1.36. The van der Waals surface area contributed by atoms with Crippen LogP contribution >= 0.6 is 11.6 Å². The number of aromatic nitrogens is 2. The minimum Gasteiger partial charge on any atom is -0.325 e. The molecule has 0 bridgehead atoms. The summed E-state index contributed by atoms with van der Waals surface area (Å²) in [4.78, 5) is 29.6. The summed E-state index contributed by atoms with van der Waals surface area (Å²) in [5.74, 6) is -0.303. The number of halogens is 1. The molecule has 0 aliphatic heterocycles. The number of hydrogen-bond donors (Lipinski definition) is 1. The molecule has 0 aliphatic carbocycles. The zero-order chi connectivity index (χ0) is 20.4. The molecule has 1 amide bonds. The number of hydrogen-bond acceptors (Lipinski definition) is 3. The van der Waals surface area contributed by atoms with Gasteiger partial charge in [-0.3, -0.25) is 9.36 Å². The Hall–Kier alpha value is -3.44. The zero-order valence-corrected chi connectivity index (χ0v) is 16.5. The van der Waals surface area contributed by atoms with Crippen molar-refractivity contribution < 1.29 is 4.79 Å². The molecule has 1 N–H and O–H groups in total. The van der Waals surface area contributed by atoms with Gasteiger partial charge in [-0.2, -0.15) is 4.98 Å². The molecule has 0 radical (unpaired) electrons. The highest BCUT2D eigenvalue weighted by Crippen LogP contribution is 2.27. The van der Waals surface area contributed by atoms with E-state index in [1.165, 1.54) is 4.57 Å². The summed E-state index contributed by atoms with van der Waals surface area (Å²) in [6.45, 7) is 1.80. The van der Waals surface area contributed by atoms with Gasteiger partial charge in [-0.05, 0) is 42.8 Å². The Kier molecular flexibility index (Phi) is 5.14. The Morgan fingerprint density at radius 1 is 1.03 bits per heavy atom. The molecule has 6 heteroatoms. The molecule has 0 spiro atoms. The van der Waals surface area contributed by atoms with E-state index in [4.69, 9.17) is 11.6 Å². The molecule has 0 atom stereocenters. The van der Waals surface area contributed by atoms with Crippen molar-refractivity contribution in [3.63, 3.8) is 0 Å². The average Bonchev–Trinajstić information content (AvgIpc) is 2.70. The van der Waals surface area contributed by atoms with Gasteiger partial charge in [0.2, 0.25) is 5.91 Å². The van der Waals surface area contributed by atoms with E-state index in [0.29, 0.717) is 27.3 Å². The van der Waals surface area contributed by atoms with Gasteiger partial charge in [-0.15, -0.1) is 0 Å². The molecule has 4 aromatic rings. The number of nitrogens with one attached hydrogen (secondary N) is 1. The Bertz CT molecular complexity index is 1270. The van der Waals surface area contributed by atoms with Gasteiger partial charge in [0.15, 0.2) is 0 Å². The second kappa shape index (κ2) is 7.89. The third kappa shape index (κ3) is 4.05. The van der Waals surface area contributed by atoms with Crippen LogP contribution < -0.4 is 11.0 Å². The summed E-state index contributed by atoms with van der Waals surface area (Å²) in [6.07, 6.45) is 0. The van der Waals surface area contributed by atoms with Gasteiger partial charge >= 0.3 is 5.69 Å². The summed E-state index contributed by atoms with van der Waals surface area (Å²) in [5, 5.41) is 4.08. The van der Waals surface area contributed by atoms with Crippen LogP contribution in [0.1, 0.15) is 5.56 Å². The lowest BCUT2D eigenvalue weighted by molar-refractivity contribution is -0.116. The lowest BCUT2D eigenvalue weighted by Gasteiger charge is -2.13. The van der Waals surface area contributed by atoms with E-state index in [0.717, 1.165) is 11.1 Å². The van der Waals surface area contributed by atoms with Gasteiger partial charge < -0.3 is 5.32 Å². The Labute approximate surface area is 172 Å². The zero-order valence-electron chi connectivity index (χ0n) is 15.7. The molecule has 0 fully saturated rings. The number of fused-ring (bicyclic) bond motifs is 1. The minimum absolute atomic E-state index is 0.146. The fourth-order valence-corrected chi connectivity index (χ4v) is 3.46. The molecule has 144 valence electrons. The van der Waals surface area contributed by atoms with Crippen molar-refractivity contribution in [1.29, 1.82) is 0 Å². The Balaban J connectivity index is 1.76. The van der Waals surface area contributed by atoms with E-state index in [1.807, 2.05) is 61.5 Å².